The quantitative estimate of drug-likeness (QED) is 0.214. The maximum absolute atomic E-state index is 14.1. The Kier molecular flexibility index (Phi) is 11.5. The number of methoxy groups -OCH3 is 2. The molecule has 5 heterocycles. The van der Waals surface area contributed by atoms with E-state index in [1.54, 1.807) is 0 Å². The van der Waals surface area contributed by atoms with Crippen molar-refractivity contribution >= 4 is 35.3 Å². The number of hydrogen-bond donors (Lipinski definition) is 3. The summed E-state index contributed by atoms with van der Waals surface area (Å²) in [4.78, 5) is 69.5. The van der Waals surface area contributed by atoms with Gasteiger partial charge in [0, 0.05) is 50.2 Å². The maximum Gasteiger partial charge on any atom is 0.407 e. The summed E-state index contributed by atoms with van der Waals surface area (Å²) in [6.45, 7) is 6.26. The second-order valence-electron chi connectivity index (χ2n) is 17.8. The number of H-pyrrole nitrogens is 1. The largest absolute Gasteiger partial charge is 0.453 e. The van der Waals surface area contributed by atoms with E-state index < -0.39 is 24.3 Å². The molecule has 0 radical (unpaired) electrons. The highest BCUT2D eigenvalue weighted by Crippen LogP contribution is 2.46. The Bertz CT molecular complexity index is 2240. The SMILES string of the molecule is COC(=O)N[C@H](C(=O)N1CCC[C@H]1C1=NC=C(c2cc3c4c(c2)CCc2cc(-c5cnc([C@@H]6CCCN6C(=O)[C@@H](NC(=O)OC)C6CCOCC6)[nH]5)cc(c2-4)CC3)C1)C(C)C. The molecule has 0 bridgehead atoms. The van der Waals surface area contributed by atoms with Crippen molar-refractivity contribution in [2.75, 3.05) is 40.5 Å². The summed E-state index contributed by atoms with van der Waals surface area (Å²) in [6.07, 6.45) is 12.0. The maximum atomic E-state index is 14.1. The summed E-state index contributed by atoms with van der Waals surface area (Å²) >= 11 is 0. The molecule has 4 aliphatic heterocycles. The molecule has 3 fully saturated rings. The van der Waals surface area contributed by atoms with Gasteiger partial charge >= 0.3 is 12.2 Å². The number of aryl methyl sites for hydroxylation is 4. The molecule has 14 heteroatoms. The van der Waals surface area contributed by atoms with Gasteiger partial charge in [0.05, 0.1) is 38.2 Å². The first-order valence-corrected chi connectivity index (χ1v) is 22.1. The number of carbonyl (C=O) groups is 4. The van der Waals surface area contributed by atoms with Gasteiger partial charge in [-0.25, -0.2) is 14.6 Å². The molecule has 2 aliphatic carbocycles. The number of amides is 4. The molecule has 4 amide bonds. The fourth-order valence-corrected chi connectivity index (χ4v) is 10.7. The molecule has 1 aromatic heterocycles. The number of carbonyl (C=O) groups excluding carboxylic acids is 4. The second-order valence-corrected chi connectivity index (χ2v) is 17.8. The molecule has 61 heavy (non-hydrogen) atoms. The highest BCUT2D eigenvalue weighted by molar-refractivity contribution is 6.04. The predicted molar refractivity (Wildman–Crippen MR) is 230 cm³/mol. The van der Waals surface area contributed by atoms with E-state index in [0.717, 1.165) is 74.2 Å². The van der Waals surface area contributed by atoms with Crippen LogP contribution >= 0.6 is 0 Å². The summed E-state index contributed by atoms with van der Waals surface area (Å²) < 4.78 is 15.3. The van der Waals surface area contributed by atoms with Gasteiger partial charge in [-0.1, -0.05) is 26.0 Å². The minimum atomic E-state index is -0.674. The zero-order valence-corrected chi connectivity index (χ0v) is 35.7. The highest BCUT2D eigenvalue weighted by Gasteiger charge is 2.41. The van der Waals surface area contributed by atoms with Crippen LogP contribution in [0.1, 0.15) is 98.5 Å². The lowest BCUT2D eigenvalue weighted by molar-refractivity contribution is -0.137. The Balaban J connectivity index is 0.907. The van der Waals surface area contributed by atoms with Crippen molar-refractivity contribution in [3.8, 4) is 22.4 Å². The van der Waals surface area contributed by atoms with Gasteiger partial charge in [0.2, 0.25) is 11.8 Å². The van der Waals surface area contributed by atoms with Crippen molar-refractivity contribution in [2.24, 2.45) is 16.8 Å². The molecule has 3 saturated heterocycles. The van der Waals surface area contributed by atoms with E-state index in [9.17, 15) is 19.2 Å². The molecular weight excluding hydrogens is 775 g/mol. The van der Waals surface area contributed by atoms with Crippen LogP contribution in [0.4, 0.5) is 9.59 Å². The van der Waals surface area contributed by atoms with Crippen LogP contribution < -0.4 is 10.6 Å². The number of aliphatic imine (C=N–C) groups is 1. The van der Waals surface area contributed by atoms with E-state index in [0.29, 0.717) is 45.6 Å². The van der Waals surface area contributed by atoms with Gasteiger partial charge in [-0.15, -0.1) is 0 Å². The molecule has 14 nitrogen and oxygen atoms in total. The molecule has 0 unspecified atom stereocenters. The summed E-state index contributed by atoms with van der Waals surface area (Å²) in [5.41, 5.74) is 13.7. The molecule has 9 rings (SSSR count). The molecular formula is C47H57N7O7. The van der Waals surface area contributed by atoms with Gasteiger partial charge in [-0.3, -0.25) is 14.6 Å². The number of aromatic nitrogens is 2. The van der Waals surface area contributed by atoms with Crippen molar-refractivity contribution in [1.82, 2.24) is 30.4 Å². The predicted octanol–water partition coefficient (Wildman–Crippen LogP) is 6.31. The lowest BCUT2D eigenvalue weighted by atomic mass is 9.73. The highest BCUT2D eigenvalue weighted by atomic mass is 16.5. The Morgan fingerprint density at radius 1 is 0.770 bits per heavy atom. The van der Waals surface area contributed by atoms with Crippen LogP contribution in [0.2, 0.25) is 0 Å². The summed E-state index contributed by atoms with van der Waals surface area (Å²) in [7, 11) is 2.64. The number of allylic oxidation sites excluding steroid dienone is 1. The Morgan fingerprint density at radius 2 is 1.34 bits per heavy atom. The molecule has 6 aliphatic rings. The first-order valence-electron chi connectivity index (χ1n) is 22.1. The number of benzene rings is 2. The average Bonchev–Trinajstić information content (AvgIpc) is 4.13. The second kappa shape index (κ2) is 17.1. The molecule has 0 saturated carbocycles. The van der Waals surface area contributed by atoms with Gasteiger partial charge in [-0.05, 0) is 133 Å². The van der Waals surface area contributed by atoms with Crippen LogP contribution in [-0.4, -0.2) is 108 Å². The Morgan fingerprint density at radius 3 is 1.95 bits per heavy atom. The number of nitrogens with one attached hydrogen (secondary N) is 3. The van der Waals surface area contributed by atoms with Crippen LogP contribution in [0.3, 0.4) is 0 Å². The fraction of sp³-hybridized carbons (Fsp3) is 0.532. The summed E-state index contributed by atoms with van der Waals surface area (Å²) in [5.74, 6) is 0.495. The van der Waals surface area contributed by atoms with Crippen LogP contribution in [-0.2, 0) is 49.5 Å². The van der Waals surface area contributed by atoms with E-state index in [1.165, 1.54) is 58.7 Å². The van der Waals surface area contributed by atoms with E-state index in [4.69, 9.17) is 24.2 Å². The lowest BCUT2D eigenvalue weighted by Crippen LogP contribution is -2.53. The zero-order chi connectivity index (χ0) is 42.4. The van der Waals surface area contributed by atoms with Crippen molar-refractivity contribution in [3.63, 3.8) is 0 Å². The lowest BCUT2D eigenvalue weighted by Gasteiger charge is -2.34. The van der Waals surface area contributed by atoms with Gasteiger partial charge in [0.25, 0.3) is 0 Å². The number of likely N-dealkylation sites (tertiary alicyclic amines) is 2. The third-order valence-corrected chi connectivity index (χ3v) is 13.8. The zero-order valence-electron chi connectivity index (χ0n) is 35.7. The van der Waals surface area contributed by atoms with Crippen molar-refractivity contribution in [2.45, 2.75) is 109 Å². The number of alkyl carbamates (subject to hydrolysis) is 2. The molecule has 4 atom stereocenters. The Hall–Kier alpha value is -5.50. The number of hydrogen-bond acceptors (Lipinski definition) is 9. The summed E-state index contributed by atoms with van der Waals surface area (Å²) in [6, 6.07) is 7.75. The van der Waals surface area contributed by atoms with Crippen LogP contribution in [0, 0.1) is 11.8 Å². The number of ether oxygens (including phenoxy) is 3. The van der Waals surface area contributed by atoms with Crippen molar-refractivity contribution < 1.29 is 33.4 Å². The third kappa shape index (κ3) is 7.83. The van der Waals surface area contributed by atoms with Gasteiger partial charge in [0.1, 0.15) is 17.9 Å². The molecule has 3 aromatic rings. The van der Waals surface area contributed by atoms with Gasteiger partial charge in [-0.2, -0.15) is 0 Å². The van der Waals surface area contributed by atoms with Crippen LogP contribution in [0.25, 0.3) is 28.0 Å². The number of aromatic amines is 1. The first kappa shape index (κ1) is 40.9. The molecule has 0 spiro atoms. The van der Waals surface area contributed by atoms with Crippen molar-refractivity contribution in [1.29, 1.82) is 0 Å². The molecule has 3 N–H and O–H groups in total. The third-order valence-electron chi connectivity index (χ3n) is 13.8. The smallest absolute Gasteiger partial charge is 0.407 e. The first-order chi connectivity index (χ1) is 29.6. The number of nitrogens with zero attached hydrogens (tertiary/aromatic N) is 4. The summed E-state index contributed by atoms with van der Waals surface area (Å²) in [5, 5.41) is 5.59. The standard InChI is InChI=1S/C47H57N7O7/c1-26(2)41(51-46(57)59-3)44(55)53-15-5-7-37(53)35-23-34(24-48-35)32-19-28-9-11-30-21-33(22-31-12-10-29(20-32)39(28)40(30)31)36-25-49-43(50-36)38-8-6-16-54(38)45(56)42(52-47(58)60-4)27-13-17-61-18-14-27/h19-22,24-27,37-38,41-42H,5-18,23H2,1-4H3,(H,49,50)(H,51,57)(H,52,58)/t37-,38-,41-,42-/m0/s1. The van der Waals surface area contributed by atoms with Gasteiger partial charge < -0.3 is 39.6 Å². The topological polar surface area (TPSA) is 168 Å². The number of imidazole rings is 1. The van der Waals surface area contributed by atoms with Gasteiger partial charge in [0.15, 0.2) is 0 Å². The van der Waals surface area contributed by atoms with Crippen molar-refractivity contribution in [3.05, 3.63) is 70.3 Å². The van der Waals surface area contributed by atoms with Crippen LogP contribution in [0.5, 0.6) is 0 Å². The van der Waals surface area contributed by atoms with E-state index in [1.807, 2.05) is 36.0 Å². The molecule has 2 aromatic carbocycles. The van der Waals surface area contributed by atoms with Crippen LogP contribution in [0.15, 0.2) is 41.7 Å². The minimum Gasteiger partial charge on any atom is -0.453 e. The fourth-order valence-electron chi connectivity index (χ4n) is 10.7. The minimum absolute atomic E-state index is 0.0189. The normalized spacial score (nSPS) is 21.7. The van der Waals surface area contributed by atoms with E-state index in [2.05, 4.69) is 39.9 Å². The Labute approximate surface area is 356 Å². The monoisotopic (exact) mass is 831 g/mol. The molecule has 322 valence electrons. The van der Waals surface area contributed by atoms with E-state index >= 15 is 0 Å². The average molecular weight is 832 g/mol. The number of rotatable bonds is 10. The van der Waals surface area contributed by atoms with E-state index in [-0.39, 0.29) is 35.7 Å².